The normalized spacial score (nSPS) is 25.7. The van der Waals surface area contributed by atoms with E-state index in [2.05, 4.69) is 61.5 Å². The molecule has 1 amide bonds. The van der Waals surface area contributed by atoms with Crippen LogP contribution < -0.4 is 0 Å². The quantitative estimate of drug-likeness (QED) is 0.332. The van der Waals surface area contributed by atoms with Crippen LogP contribution in [0.4, 0.5) is 0 Å². The molecule has 9 heteroatoms. The van der Waals surface area contributed by atoms with E-state index in [0.717, 1.165) is 39.7 Å². The van der Waals surface area contributed by atoms with Crippen LogP contribution in [0.5, 0.6) is 0 Å². The summed E-state index contributed by atoms with van der Waals surface area (Å²) in [5.41, 5.74) is 2.59. The van der Waals surface area contributed by atoms with Crippen molar-refractivity contribution < 1.29 is 9.90 Å². The largest absolute Gasteiger partial charge is 0.395 e. The summed E-state index contributed by atoms with van der Waals surface area (Å²) in [6, 6.07) is 16.4. The predicted octanol–water partition coefficient (Wildman–Crippen LogP) is 6.93. The maximum atomic E-state index is 14.4. The van der Waals surface area contributed by atoms with Crippen LogP contribution in [-0.2, 0) is 10.3 Å². The van der Waals surface area contributed by atoms with Gasteiger partial charge < -0.3 is 19.8 Å². The molecular formula is C32H40Cl2N4O2S. The first-order valence-corrected chi connectivity index (χ1v) is 16.0. The molecule has 5 rings (SSSR count). The number of nitrogens with zero attached hydrogens (tertiary/aromatic N) is 4. The number of aliphatic hydroxyl groups excluding tert-OH is 1. The van der Waals surface area contributed by atoms with Gasteiger partial charge in [0.05, 0.1) is 12.6 Å². The molecule has 0 aromatic heterocycles. The van der Waals surface area contributed by atoms with Crippen LogP contribution in [-0.4, -0.2) is 69.2 Å². The molecular weight excluding hydrogens is 575 g/mol. The van der Waals surface area contributed by atoms with Crippen molar-refractivity contribution >= 4 is 46.0 Å². The van der Waals surface area contributed by atoms with Crippen molar-refractivity contribution in [3.63, 3.8) is 0 Å². The van der Waals surface area contributed by atoms with Crippen LogP contribution >= 0.6 is 35.0 Å². The number of carbonyl (C=O) groups is 1. The maximum Gasteiger partial charge on any atom is 0.263 e. The molecule has 1 saturated carbocycles. The van der Waals surface area contributed by atoms with E-state index in [1.165, 1.54) is 11.8 Å². The highest BCUT2D eigenvalue weighted by Gasteiger charge is 2.54. The number of likely N-dealkylation sites (N-methyl/N-ethyl adjacent to an activating group) is 1. The van der Waals surface area contributed by atoms with Crippen molar-refractivity contribution in [3.8, 4) is 0 Å². The number of fused-ring (bicyclic) bond motifs is 1. The van der Waals surface area contributed by atoms with Gasteiger partial charge >= 0.3 is 0 Å². The number of rotatable bonds is 9. The Hall–Kier alpha value is -2.03. The third-order valence-corrected chi connectivity index (χ3v) is 10.3. The van der Waals surface area contributed by atoms with Gasteiger partial charge in [-0.15, -0.1) is 0 Å². The van der Waals surface area contributed by atoms with E-state index in [9.17, 15) is 9.90 Å². The summed E-state index contributed by atoms with van der Waals surface area (Å²) in [5.74, 6) is 0.192. The molecule has 0 spiro atoms. The lowest BCUT2D eigenvalue weighted by Crippen LogP contribution is -2.57. The molecule has 2 heterocycles. The average molecular weight is 616 g/mol. The number of halogens is 2. The number of hydrogen-bond acceptors (Lipinski definition) is 6. The zero-order chi connectivity index (χ0) is 29.6. The van der Waals surface area contributed by atoms with Crippen LogP contribution in [0.25, 0.3) is 0 Å². The number of aliphatic imine (C=N–C) groups is 1. The number of carbonyl (C=O) groups excluding carboxylic acids is 1. The number of amides is 1. The Morgan fingerprint density at radius 2 is 1.63 bits per heavy atom. The van der Waals surface area contributed by atoms with Gasteiger partial charge in [0.15, 0.2) is 5.17 Å². The molecule has 1 fully saturated rings. The zero-order valence-electron chi connectivity index (χ0n) is 24.6. The van der Waals surface area contributed by atoms with Crippen molar-refractivity contribution in [2.75, 3.05) is 20.2 Å². The lowest BCUT2D eigenvalue weighted by atomic mass is 9.81. The first kappa shape index (κ1) is 30.4. The van der Waals surface area contributed by atoms with E-state index in [4.69, 9.17) is 28.2 Å². The summed E-state index contributed by atoms with van der Waals surface area (Å²) in [6.45, 7) is 11.5. The lowest BCUT2D eigenvalue weighted by Gasteiger charge is -2.48. The van der Waals surface area contributed by atoms with Gasteiger partial charge in [-0.1, -0.05) is 61.3 Å². The van der Waals surface area contributed by atoms with Crippen LogP contribution in [0.15, 0.2) is 64.1 Å². The fourth-order valence-electron chi connectivity index (χ4n) is 6.49. The van der Waals surface area contributed by atoms with Crippen molar-refractivity contribution in [1.82, 2.24) is 14.7 Å². The van der Waals surface area contributed by atoms with E-state index in [0.29, 0.717) is 22.6 Å². The highest BCUT2D eigenvalue weighted by molar-refractivity contribution is 8.18. The molecule has 0 radical (unpaired) electrons. The molecule has 41 heavy (non-hydrogen) atoms. The molecule has 0 saturated heterocycles. The van der Waals surface area contributed by atoms with Gasteiger partial charge in [0.1, 0.15) is 10.4 Å². The van der Waals surface area contributed by atoms with Gasteiger partial charge in [-0.05, 0) is 93.7 Å². The average Bonchev–Trinajstić information content (AvgIpc) is 3.39. The Morgan fingerprint density at radius 1 is 1.05 bits per heavy atom. The number of amidine groups is 1. The van der Waals surface area contributed by atoms with E-state index in [1.54, 1.807) is 0 Å². The highest BCUT2D eigenvalue weighted by Crippen LogP contribution is 2.56. The monoisotopic (exact) mass is 614 g/mol. The second kappa shape index (κ2) is 11.9. The topological polar surface area (TPSA) is 59.4 Å². The maximum absolute atomic E-state index is 14.4. The van der Waals surface area contributed by atoms with Crippen LogP contribution in [0, 0.1) is 5.92 Å². The molecule has 0 bridgehead atoms. The molecule has 220 valence electrons. The number of allylic oxidation sites excluding steroid dienone is 1. The SMILES string of the molecule is CC(C)C1=C(C(=O)N(C(C)C)[C@H]2C[C@@H](N(C)CCO)C2)SC2=N[C@@](C)(c3ccc(Cl)cc3)[C@@H](c3ccc(Cl)cc3)N21. The Bertz CT molecular complexity index is 1340. The Kier molecular flexibility index (Phi) is 8.85. The van der Waals surface area contributed by atoms with E-state index < -0.39 is 5.54 Å². The third-order valence-electron chi connectivity index (χ3n) is 8.71. The van der Waals surface area contributed by atoms with Gasteiger partial charge in [-0.3, -0.25) is 4.79 Å². The van der Waals surface area contributed by atoms with Crippen LogP contribution in [0.1, 0.15) is 64.6 Å². The highest BCUT2D eigenvalue weighted by atomic mass is 35.5. The molecule has 0 unspecified atom stereocenters. The van der Waals surface area contributed by atoms with Crippen molar-refractivity contribution in [2.45, 2.75) is 77.2 Å². The van der Waals surface area contributed by atoms with Crippen molar-refractivity contribution in [3.05, 3.63) is 80.3 Å². The zero-order valence-corrected chi connectivity index (χ0v) is 27.0. The summed E-state index contributed by atoms with van der Waals surface area (Å²) in [5, 5.41) is 11.6. The van der Waals surface area contributed by atoms with Gasteiger partial charge in [0.25, 0.3) is 5.91 Å². The minimum atomic E-state index is -0.592. The second-order valence-electron chi connectivity index (χ2n) is 12.1. The van der Waals surface area contributed by atoms with Gasteiger partial charge in [-0.2, -0.15) is 0 Å². The predicted molar refractivity (Wildman–Crippen MR) is 170 cm³/mol. The lowest BCUT2D eigenvalue weighted by molar-refractivity contribution is -0.134. The standard InChI is InChI=1S/C32H40Cl2N4O2S/c1-19(2)27-28(30(40)37(20(3)4)26-17-25(18-26)36(6)15-16-39)41-31-35-32(5,22-9-13-24(34)14-10-22)29(38(27)31)21-7-11-23(33)12-8-21/h7-14,19-20,25-26,29,39H,15-18H2,1-6H3/t25-,26+,29-,32+/m1/s1. The number of benzene rings is 2. The Morgan fingerprint density at radius 3 is 2.17 bits per heavy atom. The minimum Gasteiger partial charge on any atom is -0.395 e. The number of hydrogen-bond donors (Lipinski definition) is 1. The summed E-state index contributed by atoms with van der Waals surface area (Å²) in [4.78, 5) is 27.1. The van der Waals surface area contributed by atoms with Crippen molar-refractivity contribution in [1.29, 1.82) is 0 Å². The Balaban J connectivity index is 1.53. The van der Waals surface area contributed by atoms with E-state index in [-0.39, 0.29) is 36.6 Å². The summed E-state index contributed by atoms with van der Waals surface area (Å²) in [6.07, 6.45) is 1.84. The van der Waals surface area contributed by atoms with Gasteiger partial charge in [0.2, 0.25) is 0 Å². The minimum absolute atomic E-state index is 0.0712. The summed E-state index contributed by atoms with van der Waals surface area (Å²) < 4.78 is 0. The summed E-state index contributed by atoms with van der Waals surface area (Å²) in [7, 11) is 2.05. The third kappa shape index (κ3) is 5.56. The van der Waals surface area contributed by atoms with Crippen molar-refractivity contribution in [2.24, 2.45) is 10.9 Å². The fraction of sp³-hybridized carbons (Fsp3) is 0.500. The van der Waals surface area contributed by atoms with Gasteiger partial charge in [-0.25, -0.2) is 4.99 Å². The fourth-order valence-corrected chi connectivity index (χ4v) is 8.09. The molecule has 3 aliphatic rings. The first-order chi connectivity index (χ1) is 19.5. The van der Waals surface area contributed by atoms with Gasteiger partial charge in [0, 0.05) is 40.4 Å². The molecule has 2 aromatic carbocycles. The molecule has 2 atom stereocenters. The van der Waals surface area contributed by atoms with E-state index >= 15 is 0 Å². The molecule has 2 aliphatic heterocycles. The smallest absolute Gasteiger partial charge is 0.263 e. The molecule has 1 N–H and O–H groups in total. The van der Waals surface area contributed by atoms with E-state index in [1.807, 2.05) is 43.4 Å². The Labute approximate surface area is 258 Å². The molecule has 2 aromatic rings. The first-order valence-electron chi connectivity index (χ1n) is 14.4. The molecule has 1 aliphatic carbocycles. The molecule has 6 nitrogen and oxygen atoms in total. The second-order valence-corrected chi connectivity index (χ2v) is 14.0. The number of aliphatic hydroxyl groups is 1. The number of thioether (sulfide) groups is 1. The van der Waals surface area contributed by atoms with Crippen LogP contribution in [0.3, 0.4) is 0 Å². The summed E-state index contributed by atoms with van der Waals surface area (Å²) >= 11 is 14.1. The van der Waals surface area contributed by atoms with Crippen LogP contribution in [0.2, 0.25) is 10.0 Å².